The second kappa shape index (κ2) is 7.02. The van der Waals surface area contributed by atoms with Gasteiger partial charge in [0.25, 0.3) is 0 Å². The summed E-state index contributed by atoms with van der Waals surface area (Å²) in [5, 5.41) is 15.5. The predicted molar refractivity (Wildman–Crippen MR) is 100 cm³/mol. The Labute approximate surface area is 147 Å². The summed E-state index contributed by atoms with van der Waals surface area (Å²) >= 11 is 0. The van der Waals surface area contributed by atoms with E-state index in [1.165, 1.54) is 11.1 Å². The van der Waals surface area contributed by atoms with E-state index in [1.807, 2.05) is 37.3 Å². The molecule has 3 rings (SSSR count). The normalized spacial score (nSPS) is 10.2. The molecule has 1 aromatic heterocycles. The number of nitrogens with zero attached hydrogens (tertiary/aromatic N) is 3. The topological polar surface area (TPSA) is 73.6 Å². The van der Waals surface area contributed by atoms with Gasteiger partial charge in [-0.1, -0.05) is 12.1 Å². The number of nitrogens with one attached hydrogen (secondary N) is 2. The van der Waals surface area contributed by atoms with Crippen molar-refractivity contribution in [3.8, 4) is 6.07 Å². The number of aryl methyl sites for hydroxylation is 2. The van der Waals surface area contributed by atoms with Crippen LogP contribution in [-0.4, -0.2) is 9.97 Å². The third-order valence-corrected chi connectivity index (χ3v) is 3.99. The van der Waals surface area contributed by atoms with Crippen molar-refractivity contribution in [2.45, 2.75) is 20.8 Å². The van der Waals surface area contributed by atoms with Crippen LogP contribution in [0.3, 0.4) is 0 Å². The smallest absolute Gasteiger partial charge is 0.136 e. The standard InChI is InChI=1S/C20H19N5/c1-13-5-4-6-18(14(13)2)25-20-11-19(22-15(3)23-20)24-17-9-7-16(12-21)8-10-17/h4-11H,1-3H3,(H2,22,23,24,25). The molecule has 0 saturated heterocycles. The molecule has 0 aliphatic carbocycles. The van der Waals surface area contributed by atoms with Gasteiger partial charge in [-0.15, -0.1) is 0 Å². The third kappa shape index (κ3) is 3.93. The summed E-state index contributed by atoms with van der Waals surface area (Å²) in [5.41, 5.74) is 4.95. The Hall–Kier alpha value is -3.39. The van der Waals surface area contributed by atoms with Crippen LogP contribution in [0.5, 0.6) is 0 Å². The molecule has 0 atom stereocenters. The van der Waals surface area contributed by atoms with Crippen molar-refractivity contribution in [1.29, 1.82) is 5.26 Å². The first-order valence-electron chi connectivity index (χ1n) is 8.01. The van der Waals surface area contributed by atoms with Gasteiger partial charge in [-0.25, -0.2) is 9.97 Å². The zero-order valence-corrected chi connectivity index (χ0v) is 14.5. The highest BCUT2D eigenvalue weighted by Crippen LogP contribution is 2.24. The summed E-state index contributed by atoms with van der Waals surface area (Å²) in [7, 11) is 0. The molecule has 0 aliphatic heterocycles. The van der Waals surface area contributed by atoms with Crippen LogP contribution in [0.1, 0.15) is 22.5 Å². The number of rotatable bonds is 4. The molecule has 124 valence electrons. The Morgan fingerprint density at radius 1 is 0.880 bits per heavy atom. The van der Waals surface area contributed by atoms with Crippen LogP contribution >= 0.6 is 0 Å². The average Bonchev–Trinajstić information content (AvgIpc) is 2.59. The van der Waals surface area contributed by atoms with Gasteiger partial charge in [-0.2, -0.15) is 5.26 Å². The predicted octanol–water partition coefficient (Wildman–Crippen LogP) is 4.76. The van der Waals surface area contributed by atoms with Gasteiger partial charge in [0.05, 0.1) is 11.6 Å². The zero-order chi connectivity index (χ0) is 17.8. The van der Waals surface area contributed by atoms with Crippen LogP contribution in [0.4, 0.5) is 23.0 Å². The lowest BCUT2D eigenvalue weighted by Crippen LogP contribution is -2.02. The van der Waals surface area contributed by atoms with Gasteiger partial charge >= 0.3 is 0 Å². The summed E-state index contributed by atoms with van der Waals surface area (Å²) in [6.45, 7) is 6.03. The molecule has 2 aromatic carbocycles. The highest BCUT2D eigenvalue weighted by Gasteiger charge is 2.06. The van der Waals surface area contributed by atoms with E-state index < -0.39 is 0 Å². The molecule has 0 unspecified atom stereocenters. The van der Waals surface area contributed by atoms with Crippen LogP contribution in [0.2, 0.25) is 0 Å². The Morgan fingerprint density at radius 2 is 1.56 bits per heavy atom. The van der Waals surface area contributed by atoms with Crippen LogP contribution in [-0.2, 0) is 0 Å². The SMILES string of the molecule is Cc1nc(Nc2ccc(C#N)cc2)cc(Nc2cccc(C)c2C)n1. The highest BCUT2D eigenvalue weighted by molar-refractivity contribution is 5.66. The second-order valence-electron chi connectivity index (χ2n) is 5.87. The van der Waals surface area contributed by atoms with E-state index in [1.54, 1.807) is 12.1 Å². The van der Waals surface area contributed by atoms with Crippen molar-refractivity contribution in [3.05, 3.63) is 71.0 Å². The van der Waals surface area contributed by atoms with Gasteiger partial charge in [-0.3, -0.25) is 0 Å². The van der Waals surface area contributed by atoms with E-state index in [4.69, 9.17) is 5.26 Å². The first-order valence-corrected chi connectivity index (χ1v) is 8.01. The molecule has 5 nitrogen and oxygen atoms in total. The summed E-state index contributed by atoms with van der Waals surface area (Å²) in [5.74, 6) is 2.11. The minimum Gasteiger partial charge on any atom is -0.340 e. The Morgan fingerprint density at radius 3 is 2.24 bits per heavy atom. The third-order valence-electron chi connectivity index (χ3n) is 3.99. The van der Waals surface area contributed by atoms with E-state index in [2.05, 4.69) is 46.6 Å². The molecule has 0 spiro atoms. The largest absolute Gasteiger partial charge is 0.340 e. The van der Waals surface area contributed by atoms with Gasteiger partial charge in [-0.05, 0) is 62.2 Å². The number of aromatic nitrogens is 2. The number of hydrogen-bond acceptors (Lipinski definition) is 5. The lowest BCUT2D eigenvalue weighted by Gasteiger charge is -2.13. The molecule has 1 heterocycles. The lowest BCUT2D eigenvalue weighted by atomic mass is 10.1. The van der Waals surface area contributed by atoms with Crippen molar-refractivity contribution in [3.63, 3.8) is 0 Å². The molecule has 3 aromatic rings. The number of nitriles is 1. The van der Waals surface area contributed by atoms with E-state index in [-0.39, 0.29) is 0 Å². The van der Waals surface area contributed by atoms with Crippen molar-refractivity contribution in [2.24, 2.45) is 0 Å². The summed E-state index contributed by atoms with van der Waals surface area (Å²) in [4.78, 5) is 8.89. The molecule has 5 heteroatoms. The fraction of sp³-hybridized carbons (Fsp3) is 0.150. The van der Waals surface area contributed by atoms with E-state index in [9.17, 15) is 0 Å². The maximum Gasteiger partial charge on any atom is 0.136 e. The molecule has 25 heavy (non-hydrogen) atoms. The highest BCUT2D eigenvalue weighted by atomic mass is 15.1. The van der Waals surface area contributed by atoms with E-state index in [0.717, 1.165) is 17.2 Å². The van der Waals surface area contributed by atoms with Crippen molar-refractivity contribution < 1.29 is 0 Å². The Kier molecular flexibility index (Phi) is 4.62. The minimum absolute atomic E-state index is 0.627. The molecular formula is C20H19N5. The molecule has 0 aliphatic rings. The molecule has 0 amide bonds. The van der Waals surface area contributed by atoms with Crippen LogP contribution in [0.15, 0.2) is 48.5 Å². The van der Waals surface area contributed by atoms with Gasteiger partial charge in [0.2, 0.25) is 0 Å². The van der Waals surface area contributed by atoms with E-state index >= 15 is 0 Å². The zero-order valence-electron chi connectivity index (χ0n) is 14.5. The van der Waals surface area contributed by atoms with Crippen LogP contribution < -0.4 is 10.6 Å². The number of hydrogen-bond donors (Lipinski definition) is 2. The molecule has 2 N–H and O–H groups in total. The van der Waals surface area contributed by atoms with Crippen molar-refractivity contribution in [1.82, 2.24) is 9.97 Å². The quantitative estimate of drug-likeness (QED) is 0.722. The maximum absolute atomic E-state index is 8.87. The van der Waals surface area contributed by atoms with Crippen molar-refractivity contribution >= 4 is 23.0 Å². The molecule has 0 radical (unpaired) electrons. The number of anilines is 4. The lowest BCUT2D eigenvalue weighted by molar-refractivity contribution is 1.06. The Bertz CT molecular complexity index is 939. The second-order valence-corrected chi connectivity index (χ2v) is 5.87. The molecule has 0 bridgehead atoms. The van der Waals surface area contributed by atoms with Crippen LogP contribution in [0.25, 0.3) is 0 Å². The summed E-state index contributed by atoms with van der Waals surface area (Å²) in [6, 6.07) is 17.4. The Balaban J connectivity index is 1.85. The maximum atomic E-state index is 8.87. The molecule has 0 saturated carbocycles. The fourth-order valence-corrected chi connectivity index (χ4v) is 2.50. The van der Waals surface area contributed by atoms with E-state index in [0.29, 0.717) is 17.2 Å². The number of benzene rings is 2. The summed E-state index contributed by atoms with van der Waals surface area (Å²) < 4.78 is 0. The van der Waals surface area contributed by atoms with Gasteiger partial charge < -0.3 is 10.6 Å². The average molecular weight is 329 g/mol. The molecule has 0 fully saturated rings. The monoisotopic (exact) mass is 329 g/mol. The molecular weight excluding hydrogens is 310 g/mol. The van der Waals surface area contributed by atoms with Gasteiger partial charge in [0, 0.05) is 17.4 Å². The minimum atomic E-state index is 0.627. The first-order chi connectivity index (χ1) is 12.0. The van der Waals surface area contributed by atoms with Crippen molar-refractivity contribution in [2.75, 3.05) is 10.6 Å². The van der Waals surface area contributed by atoms with Crippen LogP contribution in [0, 0.1) is 32.1 Å². The summed E-state index contributed by atoms with van der Waals surface area (Å²) in [6.07, 6.45) is 0. The van der Waals surface area contributed by atoms with Gasteiger partial charge in [0.15, 0.2) is 0 Å². The van der Waals surface area contributed by atoms with Gasteiger partial charge in [0.1, 0.15) is 17.5 Å². The first kappa shape index (κ1) is 16.5. The fourth-order valence-electron chi connectivity index (χ4n) is 2.50.